The lowest BCUT2D eigenvalue weighted by atomic mass is 9.82. The standard InChI is InChI=1S/C9H15BrO2/c1-12-9(11)8-4-2-3-7(5-8)6-10/h7-8H,2-6H2,1H3/t7-,8+/m1/s1. The van der Waals surface area contributed by atoms with Gasteiger partial charge in [0.15, 0.2) is 0 Å². The molecule has 0 aromatic heterocycles. The highest BCUT2D eigenvalue weighted by Crippen LogP contribution is 2.30. The summed E-state index contributed by atoms with van der Waals surface area (Å²) >= 11 is 3.46. The molecule has 0 heterocycles. The number of methoxy groups -OCH3 is 1. The van der Waals surface area contributed by atoms with Crippen molar-refractivity contribution in [2.45, 2.75) is 25.7 Å². The van der Waals surface area contributed by atoms with Gasteiger partial charge in [-0.25, -0.2) is 0 Å². The molecule has 0 spiro atoms. The van der Waals surface area contributed by atoms with Gasteiger partial charge >= 0.3 is 5.97 Å². The van der Waals surface area contributed by atoms with Gasteiger partial charge in [0.05, 0.1) is 13.0 Å². The highest BCUT2D eigenvalue weighted by Gasteiger charge is 2.26. The second-order valence-corrected chi connectivity index (χ2v) is 4.05. The average molecular weight is 235 g/mol. The number of halogens is 1. The van der Waals surface area contributed by atoms with Crippen molar-refractivity contribution < 1.29 is 9.53 Å². The molecule has 70 valence electrons. The molecule has 1 fully saturated rings. The third kappa shape index (κ3) is 2.47. The van der Waals surface area contributed by atoms with Crippen LogP contribution < -0.4 is 0 Å². The normalized spacial score (nSPS) is 29.8. The Balaban J connectivity index is 2.40. The second-order valence-electron chi connectivity index (χ2n) is 3.41. The Hall–Kier alpha value is -0.0500. The van der Waals surface area contributed by atoms with Crippen molar-refractivity contribution in [3.05, 3.63) is 0 Å². The summed E-state index contributed by atoms with van der Waals surface area (Å²) in [5, 5.41) is 1.01. The van der Waals surface area contributed by atoms with E-state index in [1.807, 2.05) is 0 Å². The van der Waals surface area contributed by atoms with Crippen molar-refractivity contribution >= 4 is 21.9 Å². The summed E-state index contributed by atoms with van der Waals surface area (Å²) in [6.07, 6.45) is 4.42. The van der Waals surface area contributed by atoms with Gasteiger partial charge in [0.1, 0.15) is 0 Å². The molecule has 1 aliphatic carbocycles. The van der Waals surface area contributed by atoms with E-state index in [0.29, 0.717) is 5.92 Å². The number of hydrogen-bond acceptors (Lipinski definition) is 2. The van der Waals surface area contributed by atoms with Gasteiger partial charge in [-0.05, 0) is 25.2 Å². The third-order valence-corrected chi connectivity index (χ3v) is 3.45. The predicted octanol–water partition coefficient (Wildman–Crippen LogP) is 2.36. The number of rotatable bonds is 2. The molecule has 0 saturated heterocycles. The van der Waals surface area contributed by atoms with Gasteiger partial charge in [0.2, 0.25) is 0 Å². The molecule has 0 amide bonds. The molecular weight excluding hydrogens is 220 g/mol. The van der Waals surface area contributed by atoms with Crippen LogP contribution >= 0.6 is 15.9 Å². The highest BCUT2D eigenvalue weighted by atomic mass is 79.9. The zero-order chi connectivity index (χ0) is 8.97. The number of esters is 1. The molecule has 0 N–H and O–H groups in total. The van der Waals surface area contributed by atoms with Gasteiger partial charge in [-0.15, -0.1) is 0 Å². The fourth-order valence-electron chi connectivity index (χ4n) is 1.81. The van der Waals surface area contributed by atoms with Crippen LogP contribution in [0.3, 0.4) is 0 Å². The number of alkyl halides is 1. The monoisotopic (exact) mass is 234 g/mol. The molecule has 2 nitrogen and oxygen atoms in total. The minimum atomic E-state index is -0.0272. The van der Waals surface area contributed by atoms with E-state index in [2.05, 4.69) is 15.9 Å². The molecule has 1 aliphatic rings. The van der Waals surface area contributed by atoms with E-state index in [0.717, 1.165) is 24.6 Å². The quantitative estimate of drug-likeness (QED) is 0.542. The summed E-state index contributed by atoms with van der Waals surface area (Å²) in [5.74, 6) is 0.801. The zero-order valence-electron chi connectivity index (χ0n) is 7.38. The zero-order valence-corrected chi connectivity index (χ0v) is 8.97. The van der Waals surface area contributed by atoms with Gasteiger partial charge in [0, 0.05) is 5.33 Å². The Bertz CT molecular complexity index is 159. The van der Waals surface area contributed by atoms with Crippen molar-refractivity contribution in [1.29, 1.82) is 0 Å². The lowest BCUT2D eigenvalue weighted by Crippen LogP contribution is -2.24. The van der Waals surface area contributed by atoms with Crippen LogP contribution in [0.15, 0.2) is 0 Å². The predicted molar refractivity (Wildman–Crippen MR) is 51.3 cm³/mol. The van der Waals surface area contributed by atoms with E-state index < -0.39 is 0 Å². The first kappa shape index (κ1) is 10.0. The van der Waals surface area contributed by atoms with Gasteiger partial charge in [0.25, 0.3) is 0 Å². The maximum absolute atomic E-state index is 11.2. The highest BCUT2D eigenvalue weighted by molar-refractivity contribution is 9.09. The molecule has 2 atom stereocenters. The van der Waals surface area contributed by atoms with Crippen LogP contribution in [0.25, 0.3) is 0 Å². The van der Waals surface area contributed by atoms with Gasteiger partial charge in [-0.3, -0.25) is 4.79 Å². The first-order valence-electron chi connectivity index (χ1n) is 4.41. The minimum absolute atomic E-state index is 0.0272. The maximum atomic E-state index is 11.2. The molecule has 0 aliphatic heterocycles. The lowest BCUT2D eigenvalue weighted by molar-refractivity contribution is -0.147. The van der Waals surface area contributed by atoms with E-state index >= 15 is 0 Å². The Morgan fingerprint density at radius 2 is 2.33 bits per heavy atom. The van der Waals surface area contributed by atoms with Crippen molar-refractivity contribution in [3.63, 3.8) is 0 Å². The molecule has 12 heavy (non-hydrogen) atoms. The number of carbonyl (C=O) groups is 1. The minimum Gasteiger partial charge on any atom is -0.469 e. The Kier molecular flexibility index (Phi) is 4.06. The second kappa shape index (κ2) is 4.85. The summed E-state index contributed by atoms with van der Waals surface area (Å²) in [7, 11) is 1.47. The smallest absolute Gasteiger partial charge is 0.308 e. The largest absolute Gasteiger partial charge is 0.469 e. The Labute approximate surface area is 81.8 Å². The van der Waals surface area contributed by atoms with Crippen LogP contribution in [0.5, 0.6) is 0 Å². The number of ether oxygens (including phenoxy) is 1. The molecule has 0 aromatic rings. The SMILES string of the molecule is COC(=O)[C@H]1CCC[C@@H](CBr)C1. The van der Waals surface area contributed by atoms with Crippen molar-refractivity contribution in [1.82, 2.24) is 0 Å². The molecule has 0 radical (unpaired) electrons. The van der Waals surface area contributed by atoms with E-state index in [9.17, 15) is 4.79 Å². The van der Waals surface area contributed by atoms with Crippen LogP contribution in [-0.2, 0) is 9.53 Å². The summed E-state index contributed by atoms with van der Waals surface area (Å²) in [6, 6.07) is 0. The van der Waals surface area contributed by atoms with Crippen LogP contribution in [0.1, 0.15) is 25.7 Å². The van der Waals surface area contributed by atoms with E-state index in [1.165, 1.54) is 13.5 Å². The molecule has 0 unspecified atom stereocenters. The molecule has 3 heteroatoms. The Morgan fingerprint density at radius 1 is 1.58 bits per heavy atom. The first-order chi connectivity index (χ1) is 5.77. The van der Waals surface area contributed by atoms with Gasteiger partial charge < -0.3 is 4.74 Å². The van der Waals surface area contributed by atoms with Crippen molar-refractivity contribution in [3.8, 4) is 0 Å². The van der Waals surface area contributed by atoms with E-state index in [4.69, 9.17) is 4.74 Å². The van der Waals surface area contributed by atoms with Gasteiger partial charge in [-0.1, -0.05) is 22.4 Å². The van der Waals surface area contributed by atoms with E-state index in [1.54, 1.807) is 0 Å². The number of hydrogen-bond donors (Lipinski definition) is 0. The molecule has 0 bridgehead atoms. The van der Waals surface area contributed by atoms with Crippen molar-refractivity contribution in [2.75, 3.05) is 12.4 Å². The third-order valence-electron chi connectivity index (χ3n) is 2.54. The maximum Gasteiger partial charge on any atom is 0.308 e. The summed E-state index contributed by atoms with van der Waals surface area (Å²) < 4.78 is 4.73. The molecule has 1 rings (SSSR count). The fourth-order valence-corrected chi connectivity index (χ4v) is 2.40. The van der Waals surface area contributed by atoms with Crippen LogP contribution in [0, 0.1) is 11.8 Å². The topological polar surface area (TPSA) is 26.3 Å². The first-order valence-corrected chi connectivity index (χ1v) is 5.54. The summed E-state index contributed by atoms with van der Waals surface area (Å²) in [5.41, 5.74) is 0. The number of carbonyl (C=O) groups excluding carboxylic acids is 1. The van der Waals surface area contributed by atoms with Crippen LogP contribution in [0.2, 0.25) is 0 Å². The Morgan fingerprint density at radius 3 is 2.92 bits per heavy atom. The average Bonchev–Trinajstić information content (AvgIpc) is 2.17. The molecular formula is C9H15BrO2. The van der Waals surface area contributed by atoms with Gasteiger partial charge in [-0.2, -0.15) is 0 Å². The molecule has 1 saturated carbocycles. The summed E-state index contributed by atoms with van der Waals surface area (Å²) in [4.78, 5) is 11.2. The summed E-state index contributed by atoms with van der Waals surface area (Å²) in [6.45, 7) is 0. The van der Waals surface area contributed by atoms with Crippen molar-refractivity contribution in [2.24, 2.45) is 11.8 Å². The fraction of sp³-hybridized carbons (Fsp3) is 0.889. The van der Waals surface area contributed by atoms with Crippen LogP contribution in [0.4, 0.5) is 0 Å². The van der Waals surface area contributed by atoms with E-state index in [-0.39, 0.29) is 11.9 Å². The lowest BCUT2D eigenvalue weighted by Gasteiger charge is -2.25. The van der Waals surface area contributed by atoms with Crippen LogP contribution in [-0.4, -0.2) is 18.4 Å². The molecule has 0 aromatic carbocycles.